The number of rotatable bonds is 7. The van der Waals surface area contributed by atoms with Gasteiger partial charge in [0.15, 0.2) is 5.82 Å². The minimum absolute atomic E-state index is 0.141. The van der Waals surface area contributed by atoms with Crippen molar-refractivity contribution in [3.8, 4) is 5.88 Å². The number of hydrogen-bond donors (Lipinski definition) is 2. The molecule has 3 heterocycles. The highest BCUT2D eigenvalue weighted by Gasteiger charge is 2.39. The lowest BCUT2D eigenvalue weighted by molar-refractivity contribution is -0.137. The second-order valence-corrected chi connectivity index (χ2v) is 8.34. The van der Waals surface area contributed by atoms with Gasteiger partial charge in [-0.15, -0.1) is 0 Å². The molecule has 0 saturated heterocycles. The molecule has 1 unspecified atom stereocenters. The molecule has 0 bridgehead atoms. The Bertz CT molecular complexity index is 1340. The summed E-state index contributed by atoms with van der Waals surface area (Å²) in [5.41, 5.74) is -0.644. The third-order valence-corrected chi connectivity index (χ3v) is 5.90. The van der Waals surface area contributed by atoms with Crippen molar-refractivity contribution in [1.82, 2.24) is 9.97 Å². The zero-order valence-electron chi connectivity index (χ0n) is 19.0. The number of carbonyl (C=O) groups excluding carboxylic acids is 2. The number of amides is 1. The van der Waals surface area contributed by atoms with Crippen molar-refractivity contribution in [3.05, 3.63) is 63.8 Å². The molecule has 2 N–H and O–H groups in total. The van der Waals surface area contributed by atoms with E-state index in [9.17, 15) is 22.8 Å². The van der Waals surface area contributed by atoms with E-state index in [0.29, 0.717) is 21.8 Å². The van der Waals surface area contributed by atoms with Gasteiger partial charge in [-0.1, -0.05) is 29.3 Å². The molecule has 1 aliphatic rings. The molecule has 0 radical (unpaired) electrons. The zero-order valence-corrected chi connectivity index (χ0v) is 20.5. The van der Waals surface area contributed by atoms with Gasteiger partial charge in [0.25, 0.3) is 5.91 Å². The summed E-state index contributed by atoms with van der Waals surface area (Å²) in [6, 6.07) is 7.63. The van der Waals surface area contributed by atoms with Crippen LogP contribution in [0, 0.1) is 0 Å². The average Bonchev–Trinajstić information content (AvgIpc) is 3.10. The van der Waals surface area contributed by atoms with E-state index in [4.69, 9.17) is 32.8 Å². The smallest absolute Gasteiger partial charge is 0.416 e. The first-order chi connectivity index (χ1) is 17.5. The number of hydrogen-bond acceptors (Lipinski definition) is 9. The lowest BCUT2D eigenvalue weighted by Gasteiger charge is -2.29. The molecule has 2 aromatic heterocycles. The van der Waals surface area contributed by atoms with Gasteiger partial charge in [-0.05, 0) is 30.3 Å². The Morgan fingerprint density at radius 3 is 2.51 bits per heavy atom. The van der Waals surface area contributed by atoms with Crippen molar-refractivity contribution in [2.24, 2.45) is 0 Å². The maximum Gasteiger partial charge on any atom is 0.416 e. The Morgan fingerprint density at radius 1 is 1.19 bits per heavy atom. The predicted octanol–water partition coefficient (Wildman–Crippen LogP) is 4.80. The number of alkyl halides is 3. The van der Waals surface area contributed by atoms with Gasteiger partial charge in [0.1, 0.15) is 17.1 Å². The van der Waals surface area contributed by atoms with E-state index in [2.05, 4.69) is 20.6 Å². The SMILES string of the molecule is COc1nc2c(cc1C(=O)Nc1cc(C(F)(F)F)ccn1)N(OC=O)C(Nc1c(Cl)cccc1Cl)N2C. The zero-order chi connectivity index (χ0) is 26.9. The van der Waals surface area contributed by atoms with E-state index in [1.165, 1.54) is 13.2 Å². The highest BCUT2D eigenvalue weighted by Crippen LogP contribution is 2.42. The molecule has 0 aliphatic carbocycles. The van der Waals surface area contributed by atoms with Crippen molar-refractivity contribution in [2.45, 2.75) is 12.5 Å². The Hall–Kier alpha value is -3.97. The number of anilines is 4. The first-order valence-electron chi connectivity index (χ1n) is 10.3. The second kappa shape index (κ2) is 10.2. The Labute approximate surface area is 217 Å². The first kappa shape index (κ1) is 26.1. The highest BCUT2D eigenvalue weighted by molar-refractivity contribution is 6.39. The fraction of sp³-hybridized carbons (Fsp3) is 0.182. The van der Waals surface area contributed by atoms with Crippen LogP contribution in [0.25, 0.3) is 0 Å². The van der Waals surface area contributed by atoms with Crippen molar-refractivity contribution < 1.29 is 32.3 Å². The second-order valence-electron chi connectivity index (χ2n) is 7.52. The molecule has 1 aromatic carbocycles. The van der Waals surface area contributed by atoms with Crippen LogP contribution in [-0.4, -0.2) is 42.8 Å². The Balaban J connectivity index is 1.70. The molecular formula is C22H17Cl2F3N6O4. The molecule has 0 spiro atoms. The van der Waals surface area contributed by atoms with Crippen LogP contribution < -0.4 is 25.3 Å². The quantitative estimate of drug-likeness (QED) is 0.396. The average molecular weight is 557 g/mol. The molecule has 1 amide bonds. The number of fused-ring (bicyclic) bond motifs is 1. The molecule has 37 heavy (non-hydrogen) atoms. The van der Waals surface area contributed by atoms with Crippen LogP contribution in [0.1, 0.15) is 15.9 Å². The van der Waals surface area contributed by atoms with Crippen molar-refractivity contribution in [3.63, 3.8) is 0 Å². The largest absolute Gasteiger partial charge is 0.480 e. The molecule has 194 valence electrons. The van der Waals surface area contributed by atoms with E-state index in [0.717, 1.165) is 17.3 Å². The number of nitrogens with one attached hydrogen (secondary N) is 2. The van der Waals surface area contributed by atoms with Crippen LogP contribution in [0.4, 0.5) is 36.2 Å². The minimum Gasteiger partial charge on any atom is -0.480 e. The summed E-state index contributed by atoms with van der Waals surface area (Å²) in [4.78, 5) is 39.2. The number of para-hydroxylation sites is 1. The summed E-state index contributed by atoms with van der Waals surface area (Å²) in [5, 5.41) is 7.07. The third-order valence-electron chi connectivity index (χ3n) is 5.27. The van der Waals surface area contributed by atoms with Gasteiger partial charge in [-0.25, -0.2) is 4.98 Å². The van der Waals surface area contributed by atoms with Gasteiger partial charge in [-0.3, -0.25) is 9.59 Å². The van der Waals surface area contributed by atoms with Gasteiger partial charge >= 0.3 is 12.6 Å². The van der Waals surface area contributed by atoms with Gasteiger partial charge < -0.3 is 25.1 Å². The fourth-order valence-electron chi connectivity index (χ4n) is 3.56. The third kappa shape index (κ3) is 5.13. The van der Waals surface area contributed by atoms with Gasteiger partial charge in [0, 0.05) is 13.2 Å². The number of methoxy groups -OCH3 is 1. The normalized spacial score (nSPS) is 14.7. The van der Waals surface area contributed by atoms with Crippen LogP contribution in [0.3, 0.4) is 0 Å². The minimum atomic E-state index is -4.63. The molecule has 4 rings (SSSR count). The van der Waals surface area contributed by atoms with Crippen LogP contribution >= 0.6 is 23.2 Å². The van der Waals surface area contributed by atoms with Gasteiger partial charge in [0.05, 0.1) is 28.4 Å². The number of halogens is 5. The number of carbonyl (C=O) groups is 2. The van der Waals surface area contributed by atoms with Gasteiger partial charge in [0.2, 0.25) is 12.2 Å². The maximum atomic E-state index is 13.0. The number of aromatic nitrogens is 2. The lowest BCUT2D eigenvalue weighted by Crippen LogP contribution is -2.47. The van der Waals surface area contributed by atoms with E-state index in [1.54, 1.807) is 30.1 Å². The lowest BCUT2D eigenvalue weighted by atomic mass is 10.2. The van der Waals surface area contributed by atoms with Gasteiger partial charge in [-0.2, -0.15) is 23.2 Å². The summed E-state index contributed by atoms with van der Waals surface area (Å²) < 4.78 is 44.4. The summed E-state index contributed by atoms with van der Waals surface area (Å²) in [7, 11) is 2.88. The summed E-state index contributed by atoms with van der Waals surface area (Å²) in [6.45, 7) is 0.169. The van der Waals surface area contributed by atoms with Crippen LogP contribution in [-0.2, 0) is 15.8 Å². The molecule has 0 fully saturated rings. The molecule has 1 atom stereocenters. The molecule has 0 saturated carbocycles. The van der Waals surface area contributed by atoms with E-state index in [-0.39, 0.29) is 35.2 Å². The predicted molar refractivity (Wildman–Crippen MR) is 130 cm³/mol. The molecule has 1 aliphatic heterocycles. The molecule has 15 heteroatoms. The number of pyridine rings is 2. The monoisotopic (exact) mass is 556 g/mol. The number of nitrogens with zero attached hydrogens (tertiary/aromatic N) is 4. The van der Waals surface area contributed by atoms with Crippen LogP contribution in [0.5, 0.6) is 5.88 Å². The maximum absolute atomic E-state index is 13.0. The van der Waals surface area contributed by atoms with Crippen molar-refractivity contribution in [2.75, 3.05) is 34.8 Å². The molecule has 10 nitrogen and oxygen atoms in total. The van der Waals surface area contributed by atoms with Crippen LogP contribution in [0.15, 0.2) is 42.6 Å². The Morgan fingerprint density at radius 2 is 1.89 bits per heavy atom. The standard InChI is InChI=1S/C22H17Cl2F3N6O4/c1-32-18-15(33(37-10-34)21(32)30-17-13(23)4-3-5-14(17)24)9-12(20(31-18)36-2)19(35)29-16-8-11(6-7-28-16)22(25,26)27/h3-10,21,30H,1-2H3,(H,28,29,35). The van der Waals surface area contributed by atoms with E-state index >= 15 is 0 Å². The number of benzene rings is 1. The number of hydroxylamine groups is 1. The number of ether oxygens (including phenoxy) is 1. The van der Waals surface area contributed by atoms with Crippen molar-refractivity contribution >= 4 is 58.6 Å². The first-order valence-corrected chi connectivity index (χ1v) is 11.1. The fourth-order valence-corrected chi connectivity index (χ4v) is 4.07. The molecular weight excluding hydrogens is 540 g/mol. The van der Waals surface area contributed by atoms with Crippen molar-refractivity contribution in [1.29, 1.82) is 0 Å². The topological polar surface area (TPSA) is 109 Å². The summed E-state index contributed by atoms with van der Waals surface area (Å²) in [5.74, 6) is -1.10. The van der Waals surface area contributed by atoms with Crippen LogP contribution in [0.2, 0.25) is 10.0 Å². The van der Waals surface area contributed by atoms with E-state index in [1.807, 2.05) is 0 Å². The van der Waals surface area contributed by atoms with E-state index < -0.39 is 23.9 Å². The highest BCUT2D eigenvalue weighted by atomic mass is 35.5. The summed E-state index contributed by atoms with van der Waals surface area (Å²) >= 11 is 12.5. The Kier molecular flexibility index (Phi) is 7.18. The molecule has 3 aromatic rings. The summed E-state index contributed by atoms with van der Waals surface area (Å²) in [6.07, 6.45) is -4.61.